The van der Waals surface area contributed by atoms with Gasteiger partial charge in [-0.2, -0.15) is 0 Å². The monoisotopic (exact) mass is 267 g/mol. The predicted molar refractivity (Wildman–Crippen MR) is 76.0 cm³/mol. The van der Waals surface area contributed by atoms with E-state index in [9.17, 15) is 0 Å². The average molecular weight is 268 g/mol. The largest absolute Gasteiger partial charge is 0.381 e. The molecule has 1 unspecified atom stereocenters. The van der Waals surface area contributed by atoms with Gasteiger partial charge in [0.2, 0.25) is 0 Å². The Balaban J connectivity index is 1.86. The molecule has 0 bridgehead atoms. The molecular formula is C15H22ClNO. The number of benzene rings is 1. The highest BCUT2D eigenvalue weighted by Gasteiger charge is 2.16. The van der Waals surface area contributed by atoms with E-state index in [1.54, 1.807) is 0 Å². The Morgan fingerprint density at radius 1 is 1.28 bits per heavy atom. The summed E-state index contributed by atoms with van der Waals surface area (Å²) in [5.74, 6) is 0.764. The fourth-order valence-electron chi connectivity index (χ4n) is 2.45. The Morgan fingerprint density at radius 3 is 2.56 bits per heavy atom. The molecule has 1 aliphatic rings. The van der Waals surface area contributed by atoms with Crippen molar-refractivity contribution in [1.29, 1.82) is 0 Å². The molecule has 2 nitrogen and oxygen atoms in total. The van der Waals surface area contributed by atoms with E-state index >= 15 is 0 Å². The lowest BCUT2D eigenvalue weighted by atomic mass is 9.98. The van der Waals surface area contributed by atoms with Crippen molar-refractivity contribution in [3.8, 4) is 0 Å². The highest BCUT2D eigenvalue weighted by Crippen LogP contribution is 2.21. The molecule has 1 aliphatic heterocycles. The summed E-state index contributed by atoms with van der Waals surface area (Å²) in [7, 11) is 0. The average Bonchev–Trinajstić information content (AvgIpc) is 2.42. The molecule has 1 atom stereocenters. The molecule has 1 aromatic rings. The quantitative estimate of drug-likeness (QED) is 0.876. The van der Waals surface area contributed by atoms with Gasteiger partial charge in [-0.3, -0.25) is 0 Å². The number of hydrogen-bond donors (Lipinski definition) is 1. The van der Waals surface area contributed by atoms with Crippen molar-refractivity contribution in [3.63, 3.8) is 0 Å². The molecule has 2 rings (SSSR count). The fourth-order valence-corrected chi connectivity index (χ4v) is 2.58. The van der Waals surface area contributed by atoms with E-state index in [1.165, 1.54) is 18.4 Å². The van der Waals surface area contributed by atoms with Gasteiger partial charge in [0.1, 0.15) is 0 Å². The van der Waals surface area contributed by atoms with E-state index in [1.807, 2.05) is 12.1 Å². The molecule has 3 heteroatoms. The second kappa shape index (κ2) is 7.13. The van der Waals surface area contributed by atoms with E-state index < -0.39 is 0 Å². The summed E-state index contributed by atoms with van der Waals surface area (Å²) in [6.07, 6.45) is 3.47. The Hall–Kier alpha value is -0.570. The maximum Gasteiger partial charge on any atom is 0.0469 e. The van der Waals surface area contributed by atoms with Crippen molar-refractivity contribution >= 4 is 11.6 Å². The normalized spacial score (nSPS) is 18.8. The van der Waals surface area contributed by atoms with Gasteiger partial charge in [-0.1, -0.05) is 30.7 Å². The van der Waals surface area contributed by atoms with Gasteiger partial charge in [0.25, 0.3) is 0 Å². The molecule has 1 aromatic carbocycles. The third-order valence-corrected chi connectivity index (χ3v) is 3.93. The summed E-state index contributed by atoms with van der Waals surface area (Å²) < 4.78 is 5.39. The van der Waals surface area contributed by atoms with Gasteiger partial charge < -0.3 is 10.1 Å². The van der Waals surface area contributed by atoms with Gasteiger partial charge in [0, 0.05) is 24.3 Å². The van der Waals surface area contributed by atoms with Crippen LogP contribution in [-0.2, 0) is 4.74 Å². The maximum atomic E-state index is 5.92. The Labute approximate surface area is 115 Å². The Morgan fingerprint density at radius 2 is 1.94 bits per heavy atom. The van der Waals surface area contributed by atoms with E-state index in [2.05, 4.69) is 24.4 Å². The molecule has 1 fully saturated rings. The van der Waals surface area contributed by atoms with E-state index in [0.29, 0.717) is 6.04 Å². The van der Waals surface area contributed by atoms with Crippen molar-refractivity contribution in [3.05, 3.63) is 34.9 Å². The zero-order valence-electron chi connectivity index (χ0n) is 11.0. The molecule has 0 radical (unpaired) electrons. The first kappa shape index (κ1) is 13.9. The smallest absolute Gasteiger partial charge is 0.0469 e. The lowest BCUT2D eigenvalue weighted by molar-refractivity contribution is 0.0654. The van der Waals surface area contributed by atoms with Gasteiger partial charge in [-0.15, -0.1) is 0 Å². The zero-order valence-corrected chi connectivity index (χ0v) is 11.7. The summed E-state index contributed by atoms with van der Waals surface area (Å²) in [4.78, 5) is 0. The van der Waals surface area contributed by atoms with E-state index in [4.69, 9.17) is 16.3 Å². The van der Waals surface area contributed by atoms with Crippen molar-refractivity contribution in [2.45, 2.75) is 32.2 Å². The first-order valence-corrected chi connectivity index (χ1v) is 7.24. The first-order chi connectivity index (χ1) is 8.79. The fraction of sp³-hybridized carbons (Fsp3) is 0.600. The van der Waals surface area contributed by atoms with Gasteiger partial charge in [-0.05, 0) is 49.4 Å². The Bertz CT molecular complexity index is 346. The maximum absolute atomic E-state index is 5.92. The molecule has 100 valence electrons. The number of ether oxygens (including phenoxy) is 1. The van der Waals surface area contributed by atoms with Crippen LogP contribution in [0.15, 0.2) is 24.3 Å². The van der Waals surface area contributed by atoms with Gasteiger partial charge in [0.05, 0.1) is 0 Å². The van der Waals surface area contributed by atoms with Crippen molar-refractivity contribution < 1.29 is 4.74 Å². The highest BCUT2D eigenvalue weighted by molar-refractivity contribution is 6.30. The molecule has 0 saturated carbocycles. The van der Waals surface area contributed by atoms with Crippen molar-refractivity contribution in [2.75, 3.05) is 19.8 Å². The van der Waals surface area contributed by atoms with Crippen LogP contribution in [0.2, 0.25) is 5.02 Å². The molecule has 0 amide bonds. The molecule has 1 saturated heterocycles. The molecule has 18 heavy (non-hydrogen) atoms. The number of rotatable bonds is 5. The summed E-state index contributed by atoms with van der Waals surface area (Å²) in [5.41, 5.74) is 1.33. The molecule has 1 heterocycles. The number of nitrogens with one attached hydrogen (secondary N) is 1. The van der Waals surface area contributed by atoms with E-state index in [-0.39, 0.29) is 0 Å². The third kappa shape index (κ3) is 3.98. The minimum Gasteiger partial charge on any atom is -0.381 e. The van der Waals surface area contributed by atoms with Gasteiger partial charge in [0.15, 0.2) is 0 Å². The lowest BCUT2D eigenvalue weighted by Crippen LogP contribution is -2.30. The first-order valence-electron chi connectivity index (χ1n) is 6.86. The van der Waals surface area contributed by atoms with Crippen LogP contribution in [0.4, 0.5) is 0 Å². The topological polar surface area (TPSA) is 21.3 Å². The van der Waals surface area contributed by atoms with Crippen LogP contribution in [0.5, 0.6) is 0 Å². The van der Waals surface area contributed by atoms with Crippen molar-refractivity contribution in [2.24, 2.45) is 5.92 Å². The standard InChI is InChI=1S/C15H22ClNO/c1-2-15(13-3-5-14(16)6-4-13)17-11-12-7-9-18-10-8-12/h3-6,12,15,17H,2,7-11H2,1H3. The van der Waals surface area contributed by atoms with Crippen molar-refractivity contribution in [1.82, 2.24) is 5.32 Å². The minimum absolute atomic E-state index is 0.435. The SMILES string of the molecule is CCC(NCC1CCOCC1)c1ccc(Cl)cc1. The second-order valence-corrected chi connectivity index (χ2v) is 5.41. The zero-order chi connectivity index (χ0) is 12.8. The van der Waals surface area contributed by atoms with Crippen LogP contribution in [0.25, 0.3) is 0 Å². The minimum atomic E-state index is 0.435. The van der Waals surface area contributed by atoms with Crippen LogP contribution in [-0.4, -0.2) is 19.8 Å². The predicted octanol–water partition coefficient (Wildman–Crippen LogP) is 3.81. The summed E-state index contributed by atoms with van der Waals surface area (Å²) in [6, 6.07) is 8.61. The second-order valence-electron chi connectivity index (χ2n) is 4.98. The van der Waals surface area contributed by atoms with Crippen LogP contribution >= 0.6 is 11.6 Å². The highest BCUT2D eigenvalue weighted by atomic mass is 35.5. The third-order valence-electron chi connectivity index (χ3n) is 3.67. The van der Waals surface area contributed by atoms with Gasteiger partial charge >= 0.3 is 0 Å². The molecular weight excluding hydrogens is 246 g/mol. The number of hydrogen-bond acceptors (Lipinski definition) is 2. The lowest BCUT2D eigenvalue weighted by Gasteiger charge is -2.25. The molecule has 0 aliphatic carbocycles. The van der Waals surface area contributed by atoms with Crippen LogP contribution < -0.4 is 5.32 Å². The Kier molecular flexibility index (Phi) is 5.48. The number of halogens is 1. The molecule has 0 aromatic heterocycles. The molecule has 0 spiro atoms. The van der Waals surface area contributed by atoms with Gasteiger partial charge in [-0.25, -0.2) is 0 Å². The van der Waals surface area contributed by atoms with Crippen LogP contribution in [0.3, 0.4) is 0 Å². The van der Waals surface area contributed by atoms with Crippen LogP contribution in [0, 0.1) is 5.92 Å². The van der Waals surface area contributed by atoms with E-state index in [0.717, 1.165) is 37.1 Å². The van der Waals surface area contributed by atoms with Crippen LogP contribution in [0.1, 0.15) is 37.8 Å². The summed E-state index contributed by atoms with van der Waals surface area (Å²) in [5, 5.41) is 4.48. The summed E-state index contributed by atoms with van der Waals surface area (Å²) >= 11 is 5.92. The summed E-state index contributed by atoms with van der Waals surface area (Å²) in [6.45, 7) is 5.15. The molecule has 1 N–H and O–H groups in total.